The minimum Gasteiger partial charge on any atom is -0.299 e. The maximum Gasteiger partial charge on any atom is 0.155 e. The van der Waals surface area contributed by atoms with Gasteiger partial charge in [-0.05, 0) is 70.1 Å². The van der Waals surface area contributed by atoms with E-state index in [2.05, 4.69) is 0 Å². The Labute approximate surface area is 150 Å². The zero-order chi connectivity index (χ0) is 18.0. The van der Waals surface area contributed by atoms with Crippen LogP contribution in [0.25, 0.3) is 0 Å². The largest absolute Gasteiger partial charge is 0.299 e. The molecule has 5 heteroatoms. The van der Waals surface area contributed by atoms with Gasteiger partial charge in [-0.3, -0.25) is 4.79 Å². The SMILES string of the molecule is CC(C)(C)S(=O)(=O)CC1CCC(C(=O)Cc2cccc(Cl)c2)CC1. The van der Waals surface area contributed by atoms with Crippen LogP contribution in [-0.2, 0) is 21.1 Å². The van der Waals surface area contributed by atoms with E-state index in [1.54, 1.807) is 26.8 Å². The Kier molecular flexibility index (Phi) is 6.14. The fourth-order valence-corrected chi connectivity index (χ4v) is 4.87. The molecule has 0 aliphatic heterocycles. The molecule has 1 aromatic rings. The van der Waals surface area contributed by atoms with Gasteiger partial charge in [0.2, 0.25) is 0 Å². The van der Waals surface area contributed by atoms with Crippen molar-refractivity contribution in [3.63, 3.8) is 0 Å². The van der Waals surface area contributed by atoms with E-state index in [-0.39, 0.29) is 23.4 Å². The van der Waals surface area contributed by atoms with Crippen molar-refractivity contribution >= 4 is 27.2 Å². The van der Waals surface area contributed by atoms with Gasteiger partial charge in [0, 0.05) is 17.4 Å². The first-order chi connectivity index (χ1) is 11.1. The first-order valence-electron chi connectivity index (χ1n) is 8.58. The van der Waals surface area contributed by atoms with Gasteiger partial charge in [0.25, 0.3) is 0 Å². The fraction of sp³-hybridized carbons (Fsp3) is 0.632. The third-order valence-corrected chi connectivity index (χ3v) is 7.97. The van der Waals surface area contributed by atoms with Crippen molar-refractivity contribution in [1.82, 2.24) is 0 Å². The summed E-state index contributed by atoms with van der Waals surface area (Å²) in [6.07, 6.45) is 3.65. The van der Waals surface area contributed by atoms with Crippen molar-refractivity contribution < 1.29 is 13.2 Å². The van der Waals surface area contributed by atoms with E-state index in [1.165, 1.54) is 0 Å². The lowest BCUT2D eigenvalue weighted by molar-refractivity contribution is -0.123. The highest BCUT2D eigenvalue weighted by Crippen LogP contribution is 2.33. The number of benzene rings is 1. The molecular weight excluding hydrogens is 344 g/mol. The quantitative estimate of drug-likeness (QED) is 0.768. The Bertz CT molecular complexity index is 681. The number of carbonyl (C=O) groups is 1. The van der Waals surface area contributed by atoms with Gasteiger partial charge in [0.15, 0.2) is 9.84 Å². The van der Waals surface area contributed by atoms with Crippen molar-refractivity contribution in [3.8, 4) is 0 Å². The number of halogens is 1. The summed E-state index contributed by atoms with van der Waals surface area (Å²) in [5.74, 6) is 0.725. The van der Waals surface area contributed by atoms with Crippen molar-refractivity contribution in [2.24, 2.45) is 11.8 Å². The third kappa shape index (κ3) is 5.06. The summed E-state index contributed by atoms with van der Waals surface area (Å²) in [5, 5.41) is 0.649. The van der Waals surface area contributed by atoms with Gasteiger partial charge in [-0.25, -0.2) is 8.42 Å². The lowest BCUT2D eigenvalue weighted by Crippen LogP contribution is -2.35. The fourth-order valence-electron chi connectivity index (χ4n) is 3.20. The standard InChI is InChI=1S/C19H27ClO3S/c1-19(2,3)24(22,23)13-14-7-9-16(10-8-14)18(21)12-15-5-4-6-17(20)11-15/h4-6,11,14,16H,7-10,12-13H2,1-3H3. The smallest absolute Gasteiger partial charge is 0.155 e. The van der Waals surface area contributed by atoms with Crippen molar-refractivity contribution in [3.05, 3.63) is 34.9 Å². The van der Waals surface area contributed by atoms with Crippen LogP contribution in [0.5, 0.6) is 0 Å². The topological polar surface area (TPSA) is 51.2 Å². The highest BCUT2D eigenvalue weighted by atomic mass is 35.5. The van der Waals surface area contributed by atoms with Crippen LogP contribution in [0.4, 0.5) is 0 Å². The van der Waals surface area contributed by atoms with Gasteiger partial charge in [-0.1, -0.05) is 23.7 Å². The predicted octanol–water partition coefficient (Wildman–Crippen LogP) is 4.47. The zero-order valence-electron chi connectivity index (χ0n) is 14.7. The summed E-state index contributed by atoms with van der Waals surface area (Å²) < 4.78 is 24.0. The summed E-state index contributed by atoms with van der Waals surface area (Å²) in [6.45, 7) is 5.26. The highest BCUT2D eigenvalue weighted by molar-refractivity contribution is 7.92. The van der Waals surface area contributed by atoms with Gasteiger partial charge in [-0.15, -0.1) is 0 Å². The Morgan fingerprint density at radius 2 is 1.79 bits per heavy atom. The van der Waals surface area contributed by atoms with Crippen LogP contribution >= 0.6 is 11.6 Å². The first kappa shape index (κ1) is 19.5. The first-order valence-corrected chi connectivity index (χ1v) is 10.6. The van der Waals surface area contributed by atoms with Crippen molar-refractivity contribution in [2.75, 3.05) is 5.75 Å². The molecule has 0 bridgehead atoms. The van der Waals surface area contributed by atoms with Crippen LogP contribution in [0.3, 0.4) is 0 Å². The van der Waals surface area contributed by atoms with Gasteiger partial charge >= 0.3 is 0 Å². The van der Waals surface area contributed by atoms with E-state index in [1.807, 2.05) is 18.2 Å². The minimum atomic E-state index is -3.09. The number of rotatable bonds is 5. The van der Waals surface area contributed by atoms with Crippen molar-refractivity contribution in [2.45, 2.75) is 57.6 Å². The van der Waals surface area contributed by atoms with Gasteiger partial charge in [0.05, 0.1) is 10.5 Å². The Hall–Kier alpha value is -0.870. The van der Waals surface area contributed by atoms with Crippen LogP contribution in [0, 0.1) is 11.8 Å². The molecule has 0 heterocycles. The summed E-state index contributed by atoms with van der Waals surface area (Å²) >= 11 is 5.96. The number of sulfone groups is 1. The van der Waals surface area contributed by atoms with Crippen LogP contribution in [-0.4, -0.2) is 24.7 Å². The van der Waals surface area contributed by atoms with Crippen LogP contribution in [0.1, 0.15) is 52.0 Å². The molecule has 0 N–H and O–H groups in total. The maximum atomic E-state index is 12.5. The van der Waals surface area contributed by atoms with Crippen molar-refractivity contribution in [1.29, 1.82) is 0 Å². The number of Topliss-reactive ketones (excluding diaryl/α,β-unsaturated/α-hetero) is 1. The molecule has 24 heavy (non-hydrogen) atoms. The van der Waals surface area contributed by atoms with E-state index in [0.29, 0.717) is 11.4 Å². The molecule has 1 aliphatic rings. The Morgan fingerprint density at radius 1 is 1.17 bits per heavy atom. The molecule has 1 saturated carbocycles. The predicted molar refractivity (Wildman–Crippen MR) is 99.2 cm³/mol. The molecule has 0 saturated heterocycles. The molecule has 0 unspecified atom stereocenters. The molecule has 0 spiro atoms. The molecule has 1 fully saturated rings. The van der Waals surface area contributed by atoms with E-state index in [4.69, 9.17) is 11.6 Å². The molecule has 0 aromatic heterocycles. The molecule has 0 amide bonds. The molecule has 134 valence electrons. The molecule has 3 nitrogen and oxygen atoms in total. The average Bonchev–Trinajstić information content (AvgIpc) is 2.46. The molecule has 1 aliphatic carbocycles. The Morgan fingerprint density at radius 3 is 2.33 bits per heavy atom. The average molecular weight is 371 g/mol. The van der Waals surface area contributed by atoms with E-state index in [0.717, 1.165) is 31.2 Å². The number of ketones is 1. The zero-order valence-corrected chi connectivity index (χ0v) is 16.3. The number of carbonyl (C=O) groups excluding carboxylic acids is 1. The number of hydrogen-bond acceptors (Lipinski definition) is 3. The number of hydrogen-bond donors (Lipinski definition) is 0. The molecular formula is C19H27ClO3S. The molecule has 0 radical (unpaired) electrons. The second-order valence-corrected chi connectivity index (χ2v) is 11.1. The summed E-state index contributed by atoms with van der Waals surface area (Å²) in [5.41, 5.74) is 0.949. The Balaban J connectivity index is 1.87. The summed E-state index contributed by atoms with van der Waals surface area (Å²) in [7, 11) is -3.09. The van der Waals surface area contributed by atoms with E-state index in [9.17, 15) is 13.2 Å². The minimum absolute atomic E-state index is 0.0533. The lowest BCUT2D eigenvalue weighted by Gasteiger charge is -2.30. The van der Waals surface area contributed by atoms with E-state index >= 15 is 0 Å². The second kappa shape index (κ2) is 7.57. The van der Waals surface area contributed by atoms with Gasteiger partial charge in [0.1, 0.15) is 5.78 Å². The second-order valence-electron chi connectivity index (χ2n) is 7.88. The normalized spacial score (nSPS) is 22.3. The molecule has 2 rings (SSSR count). The van der Waals surface area contributed by atoms with Crippen LogP contribution in [0.2, 0.25) is 5.02 Å². The van der Waals surface area contributed by atoms with Gasteiger partial charge in [-0.2, -0.15) is 0 Å². The highest BCUT2D eigenvalue weighted by Gasteiger charge is 2.34. The van der Waals surface area contributed by atoms with Crippen LogP contribution < -0.4 is 0 Å². The summed E-state index contributed by atoms with van der Waals surface area (Å²) in [4.78, 5) is 12.5. The van der Waals surface area contributed by atoms with Gasteiger partial charge < -0.3 is 0 Å². The maximum absolute atomic E-state index is 12.5. The third-order valence-electron chi connectivity index (χ3n) is 4.96. The molecule has 1 aromatic carbocycles. The lowest BCUT2D eigenvalue weighted by atomic mass is 9.79. The summed E-state index contributed by atoms with van der Waals surface area (Å²) in [6, 6.07) is 7.42. The molecule has 0 atom stereocenters. The van der Waals surface area contributed by atoms with Crippen LogP contribution in [0.15, 0.2) is 24.3 Å². The van der Waals surface area contributed by atoms with E-state index < -0.39 is 14.6 Å². The monoisotopic (exact) mass is 370 g/mol.